The molecule has 6 nitrogen and oxygen atoms in total. The van der Waals surface area contributed by atoms with E-state index in [0.29, 0.717) is 5.69 Å². The Hall–Kier alpha value is -2.58. The van der Waals surface area contributed by atoms with Gasteiger partial charge in [-0.3, -0.25) is 19.3 Å². The molecule has 0 saturated carbocycles. The third-order valence-corrected chi connectivity index (χ3v) is 4.83. The number of hydrogen-bond donors (Lipinski definition) is 1. The number of carbonyl (C=O) groups excluding carboxylic acids is 3. The minimum Gasteiger partial charge on any atom is -0.484 e. The van der Waals surface area contributed by atoms with E-state index in [1.165, 1.54) is 17.0 Å². The first-order valence-electron chi connectivity index (χ1n) is 7.86. The monoisotopic (exact) mass is 408 g/mol. The van der Waals surface area contributed by atoms with Gasteiger partial charge in [-0.1, -0.05) is 35.5 Å². The maximum atomic E-state index is 13.1. The molecule has 0 aromatic heterocycles. The van der Waals surface area contributed by atoms with Crippen molar-refractivity contribution in [2.45, 2.75) is 6.54 Å². The molecular formula is C18H14ClFN2O4S. The summed E-state index contributed by atoms with van der Waals surface area (Å²) in [4.78, 5) is 36.4. The van der Waals surface area contributed by atoms with E-state index in [-0.39, 0.29) is 40.8 Å². The summed E-state index contributed by atoms with van der Waals surface area (Å²) in [5.41, 5.74) is 1.31. The number of imide groups is 1. The fourth-order valence-corrected chi connectivity index (χ4v) is 3.22. The van der Waals surface area contributed by atoms with Crippen molar-refractivity contribution in [1.82, 2.24) is 4.90 Å². The van der Waals surface area contributed by atoms with Crippen molar-refractivity contribution < 1.29 is 23.5 Å². The summed E-state index contributed by atoms with van der Waals surface area (Å²) in [6.07, 6.45) is 0. The Morgan fingerprint density at radius 3 is 2.59 bits per heavy atom. The summed E-state index contributed by atoms with van der Waals surface area (Å²) in [6, 6.07) is 10.6. The number of hydrogen-bond acceptors (Lipinski definition) is 5. The zero-order valence-corrected chi connectivity index (χ0v) is 15.5. The minimum absolute atomic E-state index is 0.0862. The summed E-state index contributed by atoms with van der Waals surface area (Å²) < 4.78 is 18.3. The van der Waals surface area contributed by atoms with Gasteiger partial charge < -0.3 is 10.1 Å². The second-order valence-electron chi connectivity index (χ2n) is 5.64. The molecule has 0 radical (unpaired) electrons. The first-order chi connectivity index (χ1) is 12.9. The first kappa shape index (κ1) is 19.2. The van der Waals surface area contributed by atoms with E-state index in [4.69, 9.17) is 16.3 Å². The Kier molecular flexibility index (Phi) is 5.98. The van der Waals surface area contributed by atoms with E-state index >= 15 is 0 Å². The Morgan fingerprint density at radius 1 is 1.22 bits per heavy atom. The van der Waals surface area contributed by atoms with Crippen LogP contribution in [-0.4, -0.2) is 34.3 Å². The molecule has 0 bridgehead atoms. The largest absolute Gasteiger partial charge is 0.484 e. The normalized spacial score (nSPS) is 13.8. The van der Waals surface area contributed by atoms with Gasteiger partial charge in [0.25, 0.3) is 11.1 Å². The Balaban J connectivity index is 1.51. The maximum Gasteiger partial charge on any atom is 0.289 e. The van der Waals surface area contributed by atoms with Gasteiger partial charge in [0.1, 0.15) is 11.6 Å². The second-order valence-corrected chi connectivity index (χ2v) is 6.98. The summed E-state index contributed by atoms with van der Waals surface area (Å²) in [5, 5.41) is 2.31. The molecule has 2 aromatic carbocycles. The topological polar surface area (TPSA) is 75.7 Å². The number of benzene rings is 2. The van der Waals surface area contributed by atoms with Crippen molar-refractivity contribution in [2.75, 3.05) is 17.7 Å². The lowest BCUT2D eigenvalue weighted by Gasteiger charge is -2.13. The molecule has 0 atom stereocenters. The molecule has 3 rings (SSSR count). The van der Waals surface area contributed by atoms with Crippen LogP contribution in [-0.2, 0) is 16.1 Å². The van der Waals surface area contributed by atoms with E-state index < -0.39 is 11.7 Å². The van der Waals surface area contributed by atoms with Crippen LogP contribution >= 0.6 is 23.4 Å². The molecule has 140 valence electrons. The van der Waals surface area contributed by atoms with Crippen molar-refractivity contribution in [3.63, 3.8) is 0 Å². The summed E-state index contributed by atoms with van der Waals surface area (Å²) in [5.74, 6) is -0.717. The van der Waals surface area contributed by atoms with Gasteiger partial charge in [0.2, 0.25) is 5.91 Å². The highest BCUT2D eigenvalue weighted by atomic mass is 35.5. The highest BCUT2D eigenvalue weighted by molar-refractivity contribution is 8.14. The lowest BCUT2D eigenvalue weighted by atomic mass is 10.2. The van der Waals surface area contributed by atoms with Crippen molar-refractivity contribution in [2.24, 2.45) is 0 Å². The highest BCUT2D eigenvalue weighted by Gasteiger charge is 2.29. The number of nitrogens with zero attached hydrogens (tertiary/aromatic N) is 1. The second kappa shape index (κ2) is 8.41. The predicted molar refractivity (Wildman–Crippen MR) is 100 cm³/mol. The number of rotatable bonds is 6. The number of halogens is 2. The van der Waals surface area contributed by atoms with Crippen LogP contribution in [0.4, 0.5) is 14.9 Å². The average Bonchev–Trinajstić information content (AvgIpc) is 2.96. The average molecular weight is 409 g/mol. The molecule has 1 saturated heterocycles. The van der Waals surface area contributed by atoms with Crippen LogP contribution in [0.5, 0.6) is 5.75 Å². The van der Waals surface area contributed by atoms with E-state index in [2.05, 4.69) is 5.32 Å². The SMILES string of the molecule is O=C(COc1ccc(F)c(Cl)c1)Nc1ccc(CN2C(=O)CSC2=O)cc1. The summed E-state index contributed by atoms with van der Waals surface area (Å²) >= 11 is 6.64. The van der Waals surface area contributed by atoms with Crippen molar-refractivity contribution in [3.8, 4) is 5.75 Å². The van der Waals surface area contributed by atoms with Crippen LogP contribution in [0, 0.1) is 5.82 Å². The number of amides is 3. The molecule has 1 N–H and O–H groups in total. The number of nitrogens with one attached hydrogen (secondary N) is 1. The van der Waals surface area contributed by atoms with E-state index in [0.717, 1.165) is 23.4 Å². The molecule has 0 aliphatic carbocycles. The van der Waals surface area contributed by atoms with Gasteiger partial charge in [0.15, 0.2) is 6.61 Å². The van der Waals surface area contributed by atoms with Gasteiger partial charge >= 0.3 is 0 Å². The molecule has 1 aliphatic rings. The number of ether oxygens (including phenoxy) is 1. The smallest absolute Gasteiger partial charge is 0.289 e. The van der Waals surface area contributed by atoms with Gasteiger partial charge in [0.05, 0.1) is 17.3 Å². The molecule has 0 unspecified atom stereocenters. The van der Waals surface area contributed by atoms with Crippen molar-refractivity contribution >= 4 is 46.1 Å². The zero-order valence-electron chi connectivity index (χ0n) is 13.9. The van der Waals surface area contributed by atoms with Crippen LogP contribution in [0.1, 0.15) is 5.56 Å². The van der Waals surface area contributed by atoms with Gasteiger partial charge in [0, 0.05) is 11.8 Å². The van der Waals surface area contributed by atoms with E-state index in [1.54, 1.807) is 24.3 Å². The maximum absolute atomic E-state index is 13.1. The predicted octanol–water partition coefficient (Wildman–Crippen LogP) is 3.69. The fraction of sp³-hybridized carbons (Fsp3) is 0.167. The zero-order chi connectivity index (χ0) is 19.4. The molecule has 1 heterocycles. The molecule has 2 aromatic rings. The van der Waals surface area contributed by atoms with Gasteiger partial charge in [-0.2, -0.15) is 0 Å². The minimum atomic E-state index is -0.565. The highest BCUT2D eigenvalue weighted by Crippen LogP contribution is 2.22. The van der Waals surface area contributed by atoms with Crippen molar-refractivity contribution in [3.05, 3.63) is 58.9 Å². The quantitative estimate of drug-likeness (QED) is 0.788. The van der Waals surface area contributed by atoms with Gasteiger partial charge in [-0.15, -0.1) is 0 Å². The van der Waals surface area contributed by atoms with Crippen LogP contribution in [0.25, 0.3) is 0 Å². The molecule has 1 fully saturated rings. The number of carbonyl (C=O) groups is 3. The molecule has 1 aliphatic heterocycles. The third kappa shape index (κ3) is 4.99. The van der Waals surface area contributed by atoms with Crippen LogP contribution in [0.2, 0.25) is 5.02 Å². The molecule has 0 spiro atoms. The lowest BCUT2D eigenvalue weighted by molar-refractivity contribution is -0.125. The van der Waals surface area contributed by atoms with Crippen LogP contribution in [0.3, 0.4) is 0 Å². The first-order valence-corrected chi connectivity index (χ1v) is 9.22. The molecule has 3 amide bonds. The lowest BCUT2D eigenvalue weighted by Crippen LogP contribution is -2.27. The fourth-order valence-electron chi connectivity index (χ4n) is 2.32. The Bertz CT molecular complexity index is 875. The third-order valence-electron chi connectivity index (χ3n) is 3.68. The molecule has 9 heteroatoms. The Labute approximate surface area is 163 Å². The van der Waals surface area contributed by atoms with Crippen molar-refractivity contribution in [1.29, 1.82) is 0 Å². The van der Waals surface area contributed by atoms with Crippen LogP contribution in [0.15, 0.2) is 42.5 Å². The van der Waals surface area contributed by atoms with Gasteiger partial charge in [-0.05, 0) is 29.8 Å². The van der Waals surface area contributed by atoms with Gasteiger partial charge in [-0.25, -0.2) is 4.39 Å². The number of anilines is 1. The summed E-state index contributed by atoms with van der Waals surface area (Å²) in [6.45, 7) is -0.0644. The number of thioether (sulfide) groups is 1. The standard InChI is InChI=1S/C18H14ClFN2O4S/c19-14-7-13(5-6-15(14)20)26-9-16(23)21-12-3-1-11(2-4-12)8-22-17(24)10-27-18(22)25/h1-7H,8-10H2,(H,21,23). The van der Waals surface area contributed by atoms with E-state index in [1.807, 2.05) is 0 Å². The van der Waals surface area contributed by atoms with E-state index in [9.17, 15) is 18.8 Å². The Morgan fingerprint density at radius 2 is 1.96 bits per heavy atom. The molecule has 27 heavy (non-hydrogen) atoms. The summed E-state index contributed by atoms with van der Waals surface area (Å²) in [7, 11) is 0. The molecular weight excluding hydrogens is 395 g/mol. The van der Waals surface area contributed by atoms with Crippen LogP contribution < -0.4 is 10.1 Å².